The predicted octanol–water partition coefficient (Wildman–Crippen LogP) is 1.45. The van der Waals surface area contributed by atoms with E-state index in [2.05, 4.69) is 12.2 Å². The molecule has 1 amide bonds. The van der Waals surface area contributed by atoms with Crippen LogP contribution in [0, 0.1) is 11.8 Å². The van der Waals surface area contributed by atoms with Crippen LogP contribution in [0.2, 0.25) is 0 Å². The molecule has 0 spiro atoms. The molecule has 0 radical (unpaired) electrons. The highest BCUT2D eigenvalue weighted by molar-refractivity contribution is 5.80. The number of carbonyl (C=O) groups excluding carboxylic acids is 1. The lowest BCUT2D eigenvalue weighted by Crippen LogP contribution is -2.46. The molecule has 22 heavy (non-hydrogen) atoms. The Bertz CT molecular complexity index is 534. The van der Waals surface area contributed by atoms with E-state index < -0.39 is 0 Å². The smallest absolute Gasteiger partial charge is 0.227 e. The molecule has 2 aliphatic heterocycles. The van der Waals surface area contributed by atoms with Gasteiger partial charge in [0.25, 0.3) is 0 Å². The van der Waals surface area contributed by atoms with Gasteiger partial charge in [0.15, 0.2) is 0 Å². The lowest BCUT2D eigenvalue weighted by molar-refractivity contribution is -0.143. The Morgan fingerprint density at radius 3 is 3.00 bits per heavy atom. The molecule has 3 atom stereocenters. The van der Waals surface area contributed by atoms with Crippen molar-refractivity contribution >= 4 is 5.91 Å². The minimum absolute atomic E-state index is 0.0718. The summed E-state index contributed by atoms with van der Waals surface area (Å²) in [5.74, 6) is 1.58. The summed E-state index contributed by atoms with van der Waals surface area (Å²) in [4.78, 5) is 14.7. The van der Waals surface area contributed by atoms with Crippen molar-refractivity contribution in [1.29, 1.82) is 0 Å². The number of hydrogen-bond acceptors (Lipinski definition) is 4. The van der Waals surface area contributed by atoms with Gasteiger partial charge in [0.2, 0.25) is 5.91 Å². The summed E-state index contributed by atoms with van der Waals surface area (Å²) in [5.41, 5.74) is 1.06. The molecule has 120 valence electrons. The van der Waals surface area contributed by atoms with E-state index in [4.69, 9.17) is 9.47 Å². The van der Waals surface area contributed by atoms with Crippen LogP contribution >= 0.6 is 0 Å². The lowest BCUT2D eigenvalue weighted by atomic mass is 9.96. The predicted molar refractivity (Wildman–Crippen MR) is 83.8 cm³/mol. The number of rotatable bonds is 3. The van der Waals surface area contributed by atoms with Crippen molar-refractivity contribution in [2.24, 2.45) is 11.8 Å². The Morgan fingerprint density at radius 1 is 1.41 bits per heavy atom. The zero-order valence-corrected chi connectivity index (χ0v) is 13.2. The molecule has 2 aliphatic rings. The minimum Gasteiger partial charge on any atom is -0.497 e. The summed E-state index contributed by atoms with van der Waals surface area (Å²) in [6, 6.07) is 7.89. The van der Waals surface area contributed by atoms with Crippen molar-refractivity contribution in [3.8, 4) is 5.75 Å². The third-order valence-corrected chi connectivity index (χ3v) is 4.68. The van der Waals surface area contributed by atoms with Crippen molar-refractivity contribution in [1.82, 2.24) is 10.2 Å². The van der Waals surface area contributed by atoms with Crippen LogP contribution in [0.25, 0.3) is 0 Å². The molecule has 3 rings (SSSR count). The highest BCUT2D eigenvalue weighted by Crippen LogP contribution is 2.27. The molecule has 1 aromatic carbocycles. The number of morpholine rings is 1. The Hall–Kier alpha value is -1.59. The van der Waals surface area contributed by atoms with Crippen LogP contribution in [0.4, 0.5) is 0 Å². The van der Waals surface area contributed by atoms with Crippen LogP contribution < -0.4 is 10.1 Å². The SMILES string of the molecule is COc1cccc(C2CN(C(=O)[C@@H]3CNC[C@H]3C)CCO2)c1. The van der Waals surface area contributed by atoms with E-state index in [-0.39, 0.29) is 17.9 Å². The molecule has 0 aromatic heterocycles. The number of ether oxygens (including phenoxy) is 2. The Kier molecular flexibility index (Phi) is 4.64. The second-order valence-corrected chi connectivity index (χ2v) is 6.16. The van der Waals surface area contributed by atoms with Crippen LogP contribution in [-0.4, -0.2) is 50.7 Å². The van der Waals surface area contributed by atoms with E-state index in [1.54, 1.807) is 7.11 Å². The fourth-order valence-corrected chi connectivity index (χ4v) is 3.27. The highest BCUT2D eigenvalue weighted by atomic mass is 16.5. The van der Waals surface area contributed by atoms with E-state index in [9.17, 15) is 4.79 Å². The van der Waals surface area contributed by atoms with Crippen molar-refractivity contribution in [2.45, 2.75) is 13.0 Å². The number of methoxy groups -OCH3 is 1. The fraction of sp³-hybridized carbons (Fsp3) is 0.588. The Morgan fingerprint density at radius 2 is 2.27 bits per heavy atom. The summed E-state index contributed by atoms with van der Waals surface area (Å²) >= 11 is 0. The van der Waals surface area contributed by atoms with Crippen LogP contribution in [0.5, 0.6) is 5.75 Å². The van der Waals surface area contributed by atoms with Gasteiger partial charge >= 0.3 is 0 Å². The van der Waals surface area contributed by atoms with Gasteiger partial charge in [0.05, 0.1) is 26.2 Å². The van der Waals surface area contributed by atoms with Gasteiger partial charge in [-0.2, -0.15) is 0 Å². The van der Waals surface area contributed by atoms with Gasteiger partial charge < -0.3 is 19.7 Å². The van der Waals surface area contributed by atoms with Gasteiger partial charge in [0.1, 0.15) is 11.9 Å². The molecular formula is C17H24N2O3. The first-order valence-electron chi connectivity index (χ1n) is 7.94. The lowest BCUT2D eigenvalue weighted by Gasteiger charge is -2.35. The molecule has 0 aliphatic carbocycles. The number of nitrogens with one attached hydrogen (secondary N) is 1. The van der Waals surface area contributed by atoms with Gasteiger partial charge in [-0.25, -0.2) is 0 Å². The van der Waals surface area contributed by atoms with Gasteiger partial charge in [-0.3, -0.25) is 4.79 Å². The number of carbonyl (C=O) groups is 1. The maximum atomic E-state index is 12.7. The van der Waals surface area contributed by atoms with Crippen LogP contribution in [0.1, 0.15) is 18.6 Å². The summed E-state index contributed by atoms with van der Waals surface area (Å²) in [7, 11) is 1.66. The summed E-state index contributed by atoms with van der Waals surface area (Å²) in [5, 5.41) is 3.30. The fourth-order valence-electron chi connectivity index (χ4n) is 3.27. The van der Waals surface area contributed by atoms with E-state index in [0.717, 1.165) is 24.4 Å². The van der Waals surface area contributed by atoms with Gasteiger partial charge in [-0.1, -0.05) is 19.1 Å². The molecule has 5 heteroatoms. The summed E-state index contributed by atoms with van der Waals surface area (Å²) in [6.45, 7) is 5.75. The van der Waals surface area contributed by atoms with Crippen molar-refractivity contribution < 1.29 is 14.3 Å². The normalized spacial score (nSPS) is 28.6. The average molecular weight is 304 g/mol. The van der Waals surface area contributed by atoms with Crippen molar-refractivity contribution in [3.63, 3.8) is 0 Å². The van der Waals surface area contributed by atoms with Crippen molar-refractivity contribution in [3.05, 3.63) is 29.8 Å². The third-order valence-electron chi connectivity index (χ3n) is 4.68. The minimum atomic E-state index is -0.0718. The maximum Gasteiger partial charge on any atom is 0.227 e. The Labute approximate surface area is 131 Å². The van der Waals surface area contributed by atoms with Crippen LogP contribution in [-0.2, 0) is 9.53 Å². The monoisotopic (exact) mass is 304 g/mol. The first-order valence-corrected chi connectivity index (χ1v) is 7.94. The largest absolute Gasteiger partial charge is 0.497 e. The molecule has 0 bridgehead atoms. The first kappa shape index (κ1) is 15.3. The van der Waals surface area contributed by atoms with Gasteiger partial charge in [-0.05, 0) is 30.2 Å². The van der Waals surface area contributed by atoms with Crippen molar-refractivity contribution in [2.75, 3.05) is 39.9 Å². The zero-order valence-electron chi connectivity index (χ0n) is 13.2. The first-order chi connectivity index (χ1) is 10.7. The molecule has 1 aromatic rings. The number of amides is 1. The van der Waals surface area contributed by atoms with Crippen LogP contribution in [0.3, 0.4) is 0 Å². The van der Waals surface area contributed by atoms with E-state index in [1.807, 2.05) is 29.2 Å². The highest BCUT2D eigenvalue weighted by Gasteiger charge is 2.35. The molecule has 2 heterocycles. The summed E-state index contributed by atoms with van der Waals surface area (Å²) < 4.78 is 11.1. The average Bonchev–Trinajstić information content (AvgIpc) is 3.00. The molecule has 1 unspecified atom stereocenters. The molecule has 1 N–H and O–H groups in total. The maximum absolute atomic E-state index is 12.7. The molecule has 0 saturated carbocycles. The molecule has 2 fully saturated rings. The van der Waals surface area contributed by atoms with E-state index in [1.165, 1.54) is 0 Å². The number of hydrogen-bond donors (Lipinski definition) is 1. The second-order valence-electron chi connectivity index (χ2n) is 6.16. The molecule has 2 saturated heterocycles. The number of nitrogens with zero attached hydrogens (tertiary/aromatic N) is 1. The molecular weight excluding hydrogens is 280 g/mol. The third kappa shape index (κ3) is 3.10. The second kappa shape index (κ2) is 6.67. The quantitative estimate of drug-likeness (QED) is 0.918. The summed E-state index contributed by atoms with van der Waals surface area (Å²) in [6.07, 6.45) is -0.0718. The zero-order chi connectivity index (χ0) is 15.5. The number of benzene rings is 1. The van der Waals surface area contributed by atoms with Crippen LogP contribution in [0.15, 0.2) is 24.3 Å². The Balaban J connectivity index is 1.69. The van der Waals surface area contributed by atoms with Gasteiger partial charge in [-0.15, -0.1) is 0 Å². The van der Waals surface area contributed by atoms with E-state index >= 15 is 0 Å². The topological polar surface area (TPSA) is 50.8 Å². The standard InChI is InChI=1S/C17H24N2O3/c1-12-9-18-10-15(12)17(20)19-6-7-22-16(11-19)13-4-3-5-14(8-13)21-2/h3-5,8,12,15-16,18H,6-7,9-11H2,1-2H3/t12-,15-,16?/m1/s1. The van der Waals surface area contributed by atoms with E-state index in [0.29, 0.717) is 25.6 Å². The molecule has 5 nitrogen and oxygen atoms in total. The van der Waals surface area contributed by atoms with Gasteiger partial charge in [0, 0.05) is 13.1 Å².